The van der Waals surface area contributed by atoms with Crippen molar-refractivity contribution in [3.8, 4) is 0 Å². The molecule has 18 heavy (non-hydrogen) atoms. The maximum Gasteiger partial charge on any atom is 0.407 e. The molecule has 0 aliphatic heterocycles. The van der Waals surface area contributed by atoms with Gasteiger partial charge in [-0.1, -0.05) is 0 Å². The standard InChI is InChI=1S/C12H24N2O4/c1-9(15)5-6-10(16)13-7-8-14-11(17)18-12(2,3)4/h9,15H,5-8H2,1-4H3,(H,13,16)(H,14,17). The molecule has 6 heteroatoms. The number of aliphatic hydroxyl groups is 1. The highest BCUT2D eigenvalue weighted by Gasteiger charge is 2.15. The van der Waals surface area contributed by atoms with Crippen LogP contribution in [-0.2, 0) is 9.53 Å². The van der Waals surface area contributed by atoms with Crippen LogP contribution < -0.4 is 10.6 Å². The first-order valence-electron chi connectivity index (χ1n) is 6.12. The second-order valence-electron chi connectivity index (χ2n) is 5.17. The van der Waals surface area contributed by atoms with Crippen LogP contribution in [0.4, 0.5) is 4.79 Å². The summed E-state index contributed by atoms with van der Waals surface area (Å²) in [7, 11) is 0. The molecule has 2 amide bonds. The Morgan fingerprint density at radius 1 is 1.22 bits per heavy atom. The average Bonchev–Trinajstić information content (AvgIpc) is 2.19. The van der Waals surface area contributed by atoms with Gasteiger partial charge >= 0.3 is 6.09 Å². The summed E-state index contributed by atoms with van der Waals surface area (Å²) in [5, 5.41) is 14.2. The maximum atomic E-state index is 11.3. The molecule has 1 unspecified atom stereocenters. The zero-order valence-electron chi connectivity index (χ0n) is 11.6. The van der Waals surface area contributed by atoms with E-state index in [1.165, 1.54) is 0 Å². The first-order valence-corrected chi connectivity index (χ1v) is 6.12. The number of alkyl carbamates (subject to hydrolysis) is 1. The lowest BCUT2D eigenvalue weighted by Gasteiger charge is -2.19. The topological polar surface area (TPSA) is 87.7 Å². The van der Waals surface area contributed by atoms with Crippen molar-refractivity contribution in [2.24, 2.45) is 0 Å². The van der Waals surface area contributed by atoms with Crippen molar-refractivity contribution in [3.63, 3.8) is 0 Å². The molecular weight excluding hydrogens is 236 g/mol. The first-order chi connectivity index (χ1) is 8.20. The minimum absolute atomic E-state index is 0.137. The van der Waals surface area contributed by atoms with Crippen molar-refractivity contribution in [1.82, 2.24) is 10.6 Å². The van der Waals surface area contributed by atoms with Gasteiger partial charge in [0, 0.05) is 19.5 Å². The Morgan fingerprint density at radius 2 is 1.78 bits per heavy atom. The highest BCUT2D eigenvalue weighted by Crippen LogP contribution is 2.05. The second-order valence-corrected chi connectivity index (χ2v) is 5.17. The zero-order chi connectivity index (χ0) is 14.2. The van der Waals surface area contributed by atoms with Gasteiger partial charge in [-0.15, -0.1) is 0 Å². The van der Waals surface area contributed by atoms with E-state index in [2.05, 4.69) is 10.6 Å². The van der Waals surface area contributed by atoms with Crippen molar-refractivity contribution in [3.05, 3.63) is 0 Å². The van der Waals surface area contributed by atoms with E-state index in [0.29, 0.717) is 19.5 Å². The molecule has 1 atom stereocenters. The maximum absolute atomic E-state index is 11.3. The second kappa shape index (κ2) is 7.92. The largest absolute Gasteiger partial charge is 0.444 e. The van der Waals surface area contributed by atoms with Gasteiger partial charge in [-0.3, -0.25) is 4.79 Å². The molecule has 6 nitrogen and oxygen atoms in total. The Bertz CT molecular complexity index is 272. The Balaban J connectivity index is 3.56. The van der Waals surface area contributed by atoms with E-state index < -0.39 is 17.8 Å². The van der Waals surface area contributed by atoms with E-state index in [9.17, 15) is 9.59 Å². The summed E-state index contributed by atoms with van der Waals surface area (Å²) in [6.45, 7) is 7.64. The highest BCUT2D eigenvalue weighted by molar-refractivity contribution is 5.76. The quantitative estimate of drug-likeness (QED) is 0.616. The van der Waals surface area contributed by atoms with Gasteiger partial charge in [0.05, 0.1) is 6.10 Å². The van der Waals surface area contributed by atoms with Gasteiger partial charge in [0.15, 0.2) is 0 Å². The van der Waals surface area contributed by atoms with Crippen molar-refractivity contribution < 1.29 is 19.4 Å². The Hall–Kier alpha value is -1.30. The van der Waals surface area contributed by atoms with E-state index in [-0.39, 0.29) is 12.3 Å². The molecule has 0 radical (unpaired) electrons. The summed E-state index contributed by atoms with van der Waals surface area (Å²) < 4.78 is 5.03. The lowest BCUT2D eigenvalue weighted by molar-refractivity contribution is -0.121. The molecule has 0 aliphatic rings. The molecule has 0 aromatic carbocycles. The fourth-order valence-corrected chi connectivity index (χ4v) is 1.11. The van der Waals surface area contributed by atoms with Crippen LogP contribution in [-0.4, -0.2) is 41.9 Å². The molecule has 0 saturated heterocycles. The van der Waals surface area contributed by atoms with Crippen LogP contribution in [0.5, 0.6) is 0 Å². The van der Waals surface area contributed by atoms with Crippen LogP contribution in [0.3, 0.4) is 0 Å². The fourth-order valence-electron chi connectivity index (χ4n) is 1.11. The molecule has 0 bridgehead atoms. The van der Waals surface area contributed by atoms with Crippen LogP contribution in [0.2, 0.25) is 0 Å². The number of amides is 2. The summed E-state index contributed by atoms with van der Waals surface area (Å²) >= 11 is 0. The number of carbonyl (C=O) groups is 2. The minimum atomic E-state index is -0.523. The predicted octanol–water partition coefficient (Wildman–Crippen LogP) is 0.788. The van der Waals surface area contributed by atoms with E-state index in [1.54, 1.807) is 27.7 Å². The zero-order valence-corrected chi connectivity index (χ0v) is 11.6. The molecule has 0 aliphatic carbocycles. The Morgan fingerprint density at radius 3 is 2.28 bits per heavy atom. The Kier molecular flexibility index (Phi) is 7.35. The molecule has 0 fully saturated rings. The SMILES string of the molecule is CC(O)CCC(=O)NCCNC(=O)OC(C)(C)C. The van der Waals surface area contributed by atoms with E-state index in [4.69, 9.17) is 9.84 Å². The molecule has 106 valence electrons. The third-order valence-electron chi connectivity index (χ3n) is 1.90. The van der Waals surface area contributed by atoms with Crippen molar-refractivity contribution in [2.45, 2.75) is 52.2 Å². The lowest BCUT2D eigenvalue weighted by atomic mass is 10.2. The van der Waals surface area contributed by atoms with Crippen LogP contribution in [0, 0.1) is 0 Å². The molecule has 3 N–H and O–H groups in total. The number of hydrogen-bond acceptors (Lipinski definition) is 4. The monoisotopic (exact) mass is 260 g/mol. The molecule has 0 spiro atoms. The van der Waals surface area contributed by atoms with E-state index in [0.717, 1.165) is 0 Å². The van der Waals surface area contributed by atoms with Gasteiger partial charge in [0.25, 0.3) is 0 Å². The molecule has 0 rings (SSSR count). The predicted molar refractivity (Wildman–Crippen MR) is 68.2 cm³/mol. The van der Waals surface area contributed by atoms with Gasteiger partial charge < -0.3 is 20.5 Å². The van der Waals surface area contributed by atoms with Gasteiger partial charge in [0.2, 0.25) is 5.91 Å². The first kappa shape index (κ1) is 16.7. The average molecular weight is 260 g/mol. The van der Waals surface area contributed by atoms with Gasteiger partial charge in [-0.05, 0) is 34.1 Å². The van der Waals surface area contributed by atoms with Crippen molar-refractivity contribution in [1.29, 1.82) is 0 Å². The summed E-state index contributed by atoms with van der Waals surface area (Å²) in [4.78, 5) is 22.5. The summed E-state index contributed by atoms with van der Waals surface area (Å²) in [5.41, 5.74) is -0.523. The van der Waals surface area contributed by atoms with Crippen LogP contribution in [0.1, 0.15) is 40.5 Å². The normalized spacial score (nSPS) is 12.7. The number of nitrogens with one attached hydrogen (secondary N) is 2. The van der Waals surface area contributed by atoms with Crippen LogP contribution in [0.15, 0.2) is 0 Å². The fraction of sp³-hybridized carbons (Fsp3) is 0.833. The highest BCUT2D eigenvalue weighted by atomic mass is 16.6. The van der Waals surface area contributed by atoms with Crippen molar-refractivity contribution >= 4 is 12.0 Å². The number of carbonyl (C=O) groups excluding carboxylic acids is 2. The lowest BCUT2D eigenvalue weighted by Crippen LogP contribution is -2.37. The molecule has 0 heterocycles. The summed E-state index contributed by atoms with van der Waals surface area (Å²) in [6.07, 6.45) is -0.258. The van der Waals surface area contributed by atoms with Crippen LogP contribution in [0.25, 0.3) is 0 Å². The minimum Gasteiger partial charge on any atom is -0.444 e. The molecule has 0 saturated carbocycles. The third-order valence-corrected chi connectivity index (χ3v) is 1.90. The van der Waals surface area contributed by atoms with Crippen molar-refractivity contribution in [2.75, 3.05) is 13.1 Å². The van der Waals surface area contributed by atoms with Gasteiger partial charge in [-0.2, -0.15) is 0 Å². The summed E-state index contributed by atoms with van der Waals surface area (Å²) in [6, 6.07) is 0. The number of ether oxygens (including phenoxy) is 1. The third kappa shape index (κ3) is 11.2. The molecule has 0 aromatic rings. The smallest absolute Gasteiger partial charge is 0.407 e. The van der Waals surface area contributed by atoms with Gasteiger partial charge in [-0.25, -0.2) is 4.79 Å². The molecule has 0 aromatic heterocycles. The Labute approximate surface area is 108 Å². The van der Waals surface area contributed by atoms with E-state index >= 15 is 0 Å². The van der Waals surface area contributed by atoms with Crippen LogP contribution >= 0.6 is 0 Å². The summed E-state index contributed by atoms with van der Waals surface area (Å²) in [5.74, 6) is -0.137. The number of rotatable bonds is 6. The number of aliphatic hydroxyl groups excluding tert-OH is 1. The van der Waals surface area contributed by atoms with E-state index in [1.807, 2.05) is 0 Å². The number of hydrogen-bond donors (Lipinski definition) is 3. The van der Waals surface area contributed by atoms with Gasteiger partial charge in [0.1, 0.15) is 5.60 Å². The molecular formula is C12H24N2O4.